The van der Waals surface area contributed by atoms with Gasteiger partial charge in [-0.15, -0.1) is 0 Å². The van der Waals surface area contributed by atoms with E-state index in [0.29, 0.717) is 11.1 Å². The second-order valence-corrected chi connectivity index (χ2v) is 15.4. The first-order valence-electron chi connectivity index (χ1n) is 19.6. The predicted molar refractivity (Wildman–Crippen MR) is 223 cm³/mol. The summed E-state index contributed by atoms with van der Waals surface area (Å²) in [5.74, 6) is -3.49. The Bertz CT molecular complexity index is 2380. The lowest BCUT2D eigenvalue weighted by Gasteiger charge is -2.44. The van der Waals surface area contributed by atoms with Crippen LogP contribution in [0.3, 0.4) is 0 Å². The number of carbonyl (C=O) groups excluding carboxylic acids is 4. The molecule has 1 saturated heterocycles. The molecule has 0 bridgehead atoms. The van der Waals surface area contributed by atoms with Crippen molar-refractivity contribution in [2.24, 2.45) is 0 Å². The maximum Gasteiger partial charge on any atom is 0.477 e. The van der Waals surface area contributed by atoms with E-state index in [1.807, 2.05) is 0 Å². The van der Waals surface area contributed by atoms with Gasteiger partial charge in [-0.3, -0.25) is 13.6 Å². The zero-order chi connectivity index (χ0) is 43.2. The maximum atomic E-state index is 14.9. The van der Waals surface area contributed by atoms with Crippen LogP contribution in [0.2, 0.25) is 0 Å². The molecule has 0 aromatic heterocycles. The van der Waals surface area contributed by atoms with Crippen molar-refractivity contribution in [1.82, 2.24) is 0 Å². The van der Waals surface area contributed by atoms with Crippen molar-refractivity contribution in [2.75, 3.05) is 6.61 Å². The number of phosphoric acid groups is 1. The van der Waals surface area contributed by atoms with Crippen LogP contribution in [-0.2, 0) is 55.0 Å². The molecule has 1 heterocycles. The molecule has 0 aliphatic carbocycles. The summed E-state index contributed by atoms with van der Waals surface area (Å²) in [6.07, 6.45) is -8.71. The second-order valence-electron chi connectivity index (χ2n) is 13.8. The topological polar surface area (TPSA) is 159 Å². The van der Waals surface area contributed by atoms with Gasteiger partial charge in [0.1, 0.15) is 12.7 Å². The first-order chi connectivity index (χ1) is 30.2. The molecule has 0 N–H and O–H groups in total. The first-order valence-corrected chi connectivity index (χ1v) is 21.0. The van der Waals surface area contributed by atoms with Crippen molar-refractivity contribution in [3.05, 3.63) is 215 Å². The van der Waals surface area contributed by atoms with Crippen molar-refractivity contribution in [3.8, 4) is 0 Å². The average molecular weight is 857 g/mol. The molecule has 7 rings (SSSR count). The minimum Gasteiger partial charge on any atom is -0.459 e. The number of hydrogen-bond donors (Lipinski definition) is 0. The molecule has 5 atom stereocenters. The molecule has 13 nitrogen and oxygen atoms in total. The third kappa shape index (κ3) is 11.8. The minimum absolute atomic E-state index is 0.0833. The van der Waals surface area contributed by atoms with Crippen molar-refractivity contribution in [1.29, 1.82) is 0 Å². The van der Waals surface area contributed by atoms with E-state index in [-0.39, 0.29) is 35.5 Å². The highest BCUT2D eigenvalue weighted by Crippen LogP contribution is 2.54. The Balaban J connectivity index is 1.31. The van der Waals surface area contributed by atoms with Crippen LogP contribution in [0.15, 0.2) is 182 Å². The third-order valence-corrected chi connectivity index (χ3v) is 10.8. The highest BCUT2D eigenvalue weighted by molar-refractivity contribution is 7.48. The van der Waals surface area contributed by atoms with Crippen molar-refractivity contribution in [2.45, 2.75) is 43.9 Å². The number of rotatable bonds is 17. The largest absolute Gasteiger partial charge is 0.477 e. The molecule has 0 spiro atoms. The smallest absolute Gasteiger partial charge is 0.459 e. The van der Waals surface area contributed by atoms with Crippen LogP contribution >= 0.6 is 7.82 Å². The van der Waals surface area contributed by atoms with E-state index >= 15 is 0 Å². The van der Waals surface area contributed by atoms with Gasteiger partial charge < -0.3 is 23.7 Å². The summed E-state index contributed by atoms with van der Waals surface area (Å²) in [6.45, 7) is -1.13. The summed E-state index contributed by atoms with van der Waals surface area (Å²) in [5.41, 5.74) is 1.72. The van der Waals surface area contributed by atoms with Crippen molar-refractivity contribution in [3.63, 3.8) is 0 Å². The molecule has 14 heteroatoms. The summed E-state index contributed by atoms with van der Waals surface area (Å²) >= 11 is 0. The normalized spacial score (nSPS) is 18.5. The zero-order valence-electron chi connectivity index (χ0n) is 33.1. The Morgan fingerprint density at radius 2 is 0.774 bits per heavy atom. The summed E-state index contributed by atoms with van der Waals surface area (Å²) in [7, 11) is -4.77. The Morgan fingerprint density at radius 1 is 0.435 bits per heavy atom. The minimum atomic E-state index is -4.77. The number of esters is 4. The van der Waals surface area contributed by atoms with Gasteiger partial charge in [-0.25, -0.2) is 23.7 Å². The van der Waals surface area contributed by atoms with E-state index in [2.05, 4.69) is 0 Å². The van der Waals surface area contributed by atoms with Crippen LogP contribution in [0.5, 0.6) is 0 Å². The van der Waals surface area contributed by atoms with Gasteiger partial charge in [0, 0.05) is 0 Å². The van der Waals surface area contributed by atoms with Gasteiger partial charge in [-0.05, 0) is 59.7 Å². The van der Waals surface area contributed by atoms with Gasteiger partial charge in [0.05, 0.1) is 35.5 Å². The summed E-state index contributed by atoms with van der Waals surface area (Å²) < 4.78 is 63.3. The van der Waals surface area contributed by atoms with E-state index < -0.39 is 69.0 Å². The highest BCUT2D eigenvalue weighted by Gasteiger charge is 2.55. The van der Waals surface area contributed by atoms with Gasteiger partial charge in [-0.1, -0.05) is 133 Å². The Morgan fingerprint density at radius 3 is 1.18 bits per heavy atom. The molecular weight excluding hydrogens is 815 g/mol. The fourth-order valence-corrected chi connectivity index (χ4v) is 7.53. The molecule has 1 fully saturated rings. The Hall–Kier alpha value is -6.73. The van der Waals surface area contributed by atoms with Gasteiger partial charge in [0.2, 0.25) is 6.29 Å². The average Bonchev–Trinajstić information content (AvgIpc) is 3.33. The molecule has 62 heavy (non-hydrogen) atoms. The SMILES string of the molecule is O=C(OC[C@H]1O[C@H](OP(=O)(OCc2ccccc2)OCc2ccccc2)[C@@H](OC(=O)c2ccccc2)[C@@H](OC(=O)c2ccccc2)[C@@H]1OC(=O)c1ccccc1)c1ccccc1. The summed E-state index contributed by atoms with van der Waals surface area (Å²) in [6, 6.07) is 49.5. The first kappa shape index (κ1) is 43.4. The fraction of sp³-hybridized carbons (Fsp3) is 0.167. The van der Waals surface area contributed by atoms with Crippen molar-refractivity contribution >= 4 is 31.7 Å². The van der Waals surface area contributed by atoms with Gasteiger partial charge >= 0.3 is 31.7 Å². The van der Waals surface area contributed by atoms with E-state index in [0.717, 1.165) is 0 Å². The number of hydrogen-bond acceptors (Lipinski definition) is 13. The Kier molecular flexibility index (Phi) is 14.8. The lowest BCUT2D eigenvalue weighted by Crippen LogP contribution is -2.63. The number of carbonyl (C=O) groups is 4. The lowest BCUT2D eigenvalue weighted by molar-refractivity contribution is -0.279. The van der Waals surface area contributed by atoms with E-state index in [4.69, 9.17) is 37.3 Å². The quantitative estimate of drug-likeness (QED) is 0.0487. The van der Waals surface area contributed by atoms with Crippen LogP contribution in [0, 0.1) is 0 Å². The summed E-state index contributed by atoms with van der Waals surface area (Å²) in [4.78, 5) is 55.2. The van der Waals surface area contributed by atoms with Gasteiger partial charge in [-0.2, -0.15) is 0 Å². The molecule has 1 aliphatic rings. The van der Waals surface area contributed by atoms with Gasteiger partial charge in [0.15, 0.2) is 18.3 Å². The monoisotopic (exact) mass is 856 g/mol. The van der Waals surface area contributed by atoms with Crippen LogP contribution in [0.4, 0.5) is 0 Å². The molecule has 0 radical (unpaired) electrons. The van der Waals surface area contributed by atoms with Crippen LogP contribution in [0.25, 0.3) is 0 Å². The van der Waals surface area contributed by atoms with Crippen LogP contribution in [0.1, 0.15) is 52.6 Å². The highest BCUT2D eigenvalue weighted by atomic mass is 31.2. The second kappa shape index (κ2) is 21.2. The molecular formula is C48H41O13P. The van der Waals surface area contributed by atoms with Gasteiger partial charge in [0.25, 0.3) is 0 Å². The lowest BCUT2D eigenvalue weighted by atomic mass is 9.97. The maximum absolute atomic E-state index is 14.9. The zero-order valence-corrected chi connectivity index (χ0v) is 34.0. The molecule has 316 valence electrons. The standard InChI is InChI=1S/C48H41O13P/c49-44(36-23-11-3-12-24-36)54-33-40-41(58-45(50)37-25-13-4-14-26-37)42(59-46(51)38-27-15-5-16-28-38)43(60-47(52)39-29-17-6-18-30-39)48(57-40)61-62(53,55-31-34-19-7-1-8-20-34)56-32-35-21-9-2-10-22-35/h1-30,40-43,48H,31-33H2/t40-,41-,42+,43+,48-/m1/s1. The summed E-state index contributed by atoms with van der Waals surface area (Å²) in [5, 5.41) is 0. The molecule has 6 aromatic rings. The number of benzene rings is 6. The Labute approximate surface area is 357 Å². The van der Waals surface area contributed by atoms with E-state index in [9.17, 15) is 23.7 Å². The number of phosphoric ester groups is 1. The molecule has 1 aliphatic heterocycles. The predicted octanol–water partition coefficient (Wildman–Crippen LogP) is 8.80. The van der Waals surface area contributed by atoms with E-state index in [1.165, 1.54) is 48.5 Å². The van der Waals surface area contributed by atoms with E-state index in [1.54, 1.807) is 133 Å². The molecule has 0 amide bonds. The van der Waals surface area contributed by atoms with Crippen LogP contribution in [-0.4, -0.2) is 61.2 Å². The molecule has 0 unspecified atom stereocenters. The fourth-order valence-electron chi connectivity index (χ4n) is 6.29. The number of ether oxygens (including phenoxy) is 5. The van der Waals surface area contributed by atoms with Crippen LogP contribution < -0.4 is 0 Å². The third-order valence-electron chi connectivity index (χ3n) is 9.43. The molecule has 0 saturated carbocycles. The van der Waals surface area contributed by atoms with Crippen molar-refractivity contribution < 1.29 is 61.0 Å². The molecule has 6 aromatic carbocycles.